The highest BCUT2D eigenvalue weighted by molar-refractivity contribution is 7.89. The molecule has 10 heteroatoms. The van der Waals surface area contributed by atoms with Crippen molar-refractivity contribution in [3.05, 3.63) is 54.1 Å². The maximum atomic E-state index is 13.5. The molecule has 1 heterocycles. The fourth-order valence-corrected chi connectivity index (χ4v) is 3.36. The zero-order valence-electron chi connectivity index (χ0n) is 16.0. The summed E-state index contributed by atoms with van der Waals surface area (Å²) in [6, 6.07) is 5.18. The highest BCUT2D eigenvalue weighted by Gasteiger charge is 2.28. The second kappa shape index (κ2) is 8.89. The molecule has 1 aromatic carbocycles. The van der Waals surface area contributed by atoms with Crippen molar-refractivity contribution in [1.82, 2.24) is 4.57 Å². The van der Waals surface area contributed by atoms with Gasteiger partial charge in [-0.15, -0.1) is 6.58 Å². The van der Waals surface area contributed by atoms with Gasteiger partial charge in [-0.1, -0.05) is 13.0 Å². The van der Waals surface area contributed by atoms with Crippen molar-refractivity contribution >= 4 is 21.6 Å². The Balaban J connectivity index is 2.42. The summed E-state index contributed by atoms with van der Waals surface area (Å²) < 4.78 is 44.3. The third-order valence-electron chi connectivity index (χ3n) is 4.05. The van der Waals surface area contributed by atoms with Crippen molar-refractivity contribution in [3.63, 3.8) is 0 Å². The molecule has 3 N–H and O–H groups in total. The summed E-state index contributed by atoms with van der Waals surface area (Å²) in [6.45, 7) is 5.65. The van der Waals surface area contributed by atoms with Crippen molar-refractivity contribution in [2.75, 3.05) is 11.9 Å². The number of nitrogens with two attached hydrogens (primary N) is 1. The van der Waals surface area contributed by atoms with Crippen LogP contribution in [0.1, 0.15) is 29.4 Å². The Bertz CT molecular complexity index is 1090. The molecular formula is C19H21FN4O4S. The molecule has 8 nitrogen and oxygen atoms in total. The molecule has 0 spiro atoms. The highest BCUT2D eigenvalue weighted by atomic mass is 32.2. The average Bonchev–Trinajstić information content (AvgIpc) is 2.98. The van der Waals surface area contributed by atoms with Gasteiger partial charge >= 0.3 is 0 Å². The van der Waals surface area contributed by atoms with Gasteiger partial charge in [0.1, 0.15) is 16.8 Å². The minimum Gasteiger partial charge on any atom is -0.489 e. The first-order valence-corrected chi connectivity index (χ1v) is 10.1. The van der Waals surface area contributed by atoms with E-state index in [2.05, 4.69) is 11.9 Å². The van der Waals surface area contributed by atoms with Gasteiger partial charge in [0, 0.05) is 18.9 Å². The van der Waals surface area contributed by atoms with Crippen molar-refractivity contribution in [2.45, 2.75) is 18.2 Å². The Morgan fingerprint density at radius 1 is 1.52 bits per heavy atom. The minimum absolute atomic E-state index is 0.0206. The van der Waals surface area contributed by atoms with Gasteiger partial charge in [0.25, 0.3) is 5.91 Å². The van der Waals surface area contributed by atoms with Gasteiger partial charge in [-0.2, -0.15) is 5.26 Å². The van der Waals surface area contributed by atoms with Gasteiger partial charge in [-0.05, 0) is 30.5 Å². The molecule has 0 aliphatic carbocycles. The van der Waals surface area contributed by atoms with Crippen molar-refractivity contribution in [1.29, 1.82) is 5.26 Å². The van der Waals surface area contributed by atoms with E-state index in [1.54, 1.807) is 12.1 Å². The van der Waals surface area contributed by atoms with Crippen LogP contribution in [0, 0.1) is 23.1 Å². The minimum atomic E-state index is -4.16. The second-order valence-electron chi connectivity index (χ2n) is 6.53. The molecule has 154 valence electrons. The smallest absolute Gasteiger partial charge is 0.276 e. The van der Waals surface area contributed by atoms with Gasteiger partial charge in [-0.3, -0.25) is 4.79 Å². The van der Waals surface area contributed by atoms with Crippen LogP contribution in [-0.2, 0) is 17.1 Å². The van der Waals surface area contributed by atoms with E-state index in [0.29, 0.717) is 6.42 Å². The van der Waals surface area contributed by atoms with Gasteiger partial charge in [0.05, 0.1) is 12.2 Å². The van der Waals surface area contributed by atoms with Crippen LogP contribution in [-0.4, -0.2) is 25.5 Å². The van der Waals surface area contributed by atoms with Crippen LogP contribution >= 0.6 is 0 Å². The zero-order valence-corrected chi connectivity index (χ0v) is 16.8. The monoisotopic (exact) mass is 420 g/mol. The number of aryl methyl sites for hydroxylation is 1. The number of aromatic nitrogens is 1. The number of sulfonamides is 1. The number of amides is 1. The van der Waals surface area contributed by atoms with Gasteiger partial charge in [-0.25, -0.2) is 17.9 Å². The number of allylic oxidation sites excluding steroid dienone is 1. The molecule has 1 unspecified atom stereocenters. The largest absolute Gasteiger partial charge is 0.489 e. The van der Waals surface area contributed by atoms with E-state index in [-0.39, 0.29) is 40.1 Å². The maximum Gasteiger partial charge on any atom is 0.276 e. The molecule has 29 heavy (non-hydrogen) atoms. The number of halogens is 1. The summed E-state index contributed by atoms with van der Waals surface area (Å²) in [5, 5.41) is 16.7. The van der Waals surface area contributed by atoms with Crippen LogP contribution in [0.3, 0.4) is 0 Å². The normalized spacial score (nSPS) is 12.1. The first-order valence-electron chi connectivity index (χ1n) is 8.55. The third kappa shape index (κ3) is 5.22. The van der Waals surface area contributed by atoms with E-state index in [4.69, 9.17) is 15.1 Å². The van der Waals surface area contributed by atoms with Crippen LogP contribution in [0.15, 0.2) is 41.9 Å². The van der Waals surface area contributed by atoms with Gasteiger partial charge in [0.15, 0.2) is 11.4 Å². The predicted octanol–water partition coefficient (Wildman–Crippen LogP) is 2.53. The van der Waals surface area contributed by atoms with E-state index in [9.17, 15) is 17.6 Å². The summed E-state index contributed by atoms with van der Waals surface area (Å²) in [6.07, 6.45) is 3.52. The molecule has 1 aromatic heterocycles. The van der Waals surface area contributed by atoms with E-state index < -0.39 is 21.7 Å². The molecule has 0 bridgehead atoms. The number of nitriles is 1. The lowest BCUT2D eigenvalue weighted by molar-refractivity contribution is 0.101. The number of primary sulfonamides is 1. The van der Waals surface area contributed by atoms with Crippen molar-refractivity contribution < 1.29 is 22.3 Å². The number of ether oxygens (including phenoxy) is 1. The van der Waals surface area contributed by atoms with Crippen LogP contribution in [0.2, 0.25) is 0 Å². The molecule has 0 aliphatic heterocycles. The topological polar surface area (TPSA) is 127 Å². The quantitative estimate of drug-likeness (QED) is 0.635. The van der Waals surface area contributed by atoms with Gasteiger partial charge < -0.3 is 14.6 Å². The molecule has 0 radical (unpaired) electrons. The van der Waals surface area contributed by atoms with Crippen molar-refractivity contribution in [2.24, 2.45) is 18.1 Å². The Hall–Kier alpha value is -3.16. The number of nitrogens with zero attached hydrogens (tertiary/aromatic N) is 2. The summed E-state index contributed by atoms with van der Waals surface area (Å²) >= 11 is 0. The van der Waals surface area contributed by atoms with Crippen LogP contribution in [0.25, 0.3) is 0 Å². The molecular weight excluding hydrogens is 399 g/mol. The second-order valence-corrected chi connectivity index (χ2v) is 8.06. The van der Waals surface area contributed by atoms with E-state index >= 15 is 0 Å². The fourth-order valence-electron chi connectivity index (χ4n) is 2.64. The molecule has 0 saturated carbocycles. The Kier molecular flexibility index (Phi) is 6.79. The van der Waals surface area contributed by atoms with E-state index in [0.717, 1.165) is 6.07 Å². The Labute approximate surface area is 168 Å². The van der Waals surface area contributed by atoms with Crippen molar-refractivity contribution in [3.8, 4) is 11.8 Å². The lowest BCUT2D eigenvalue weighted by Gasteiger charge is -2.14. The van der Waals surface area contributed by atoms with Crippen LogP contribution in [0.4, 0.5) is 10.1 Å². The van der Waals surface area contributed by atoms with Crippen LogP contribution in [0.5, 0.6) is 5.75 Å². The van der Waals surface area contributed by atoms with E-state index in [1.807, 2.05) is 6.92 Å². The number of hydrogen-bond donors (Lipinski definition) is 2. The number of carbonyl (C=O) groups is 1. The standard InChI is InChI=1S/C19H21FN4O4S/c1-4-5-12(2)11-28-18-16(29(22,26)27)10-24(3)17(18)19(25)23-14-6-7-15(20)13(8-14)9-21/h4,6-8,10,12H,1,5,11H2,2-3H3,(H,23,25)(H2,22,26,27). The number of hydrogen-bond acceptors (Lipinski definition) is 5. The number of benzene rings is 1. The van der Waals surface area contributed by atoms with E-state index in [1.165, 1.54) is 29.9 Å². The maximum absolute atomic E-state index is 13.5. The summed E-state index contributed by atoms with van der Waals surface area (Å²) in [7, 11) is -2.69. The Morgan fingerprint density at radius 3 is 2.79 bits per heavy atom. The molecule has 1 atom stereocenters. The first-order chi connectivity index (χ1) is 13.6. The first kappa shape index (κ1) is 22.1. The molecule has 2 aromatic rings. The third-order valence-corrected chi connectivity index (χ3v) is 4.95. The van der Waals surface area contributed by atoms with Crippen LogP contribution < -0.4 is 15.2 Å². The molecule has 1 amide bonds. The predicted molar refractivity (Wildman–Crippen MR) is 105 cm³/mol. The number of carbonyl (C=O) groups excluding carboxylic acids is 1. The lowest BCUT2D eigenvalue weighted by Crippen LogP contribution is -2.19. The number of anilines is 1. The molecule has 0 aliphatic rings. The molecule has 0 fully saturated rings. The SMILES string of the molecule is C=CCC(C)COc1c(S(N)(=O)=O)cn(C)c1C(=O)Nc1ccc(F)c(C#N)c1. The molecule has 0 saturated heterocycles. The highest BCUT2D eigenvalue weighted by Crippen LogP contribution is 2.31. The zero-order chi connectivity index (χ0) is 21.8. The van der Waals surface area contributed by atoms with Gasteiger partial charge in [0.2, 0.25) is 10.0 Å². The summed E-state index contributed by atoms with van der Waals surface area (Å²) in [4.78, 5) is 12.5. The lowest BCUT2D eigenvalue weighted by atomic mass is 10.1. The summed E-state index contributed by atoms with van der Waals surface area (Å²) in [5.74, 6) is -1.58. The number of rotatable bonds is 8. The average molecular weight is 420 g/mol. The number of nitrogens with one attached hydrogen (secondary N) is 1. The molecule has 2 rings (SSSR count). The fraction of sp³-hybridized carbons (Fsp3) is 0.263. The Morgan fingerprint density at radius 2 is 2.21 bits per heavy atom. The summed E-state index contributed by atoms with van der Waals surface area (Å²) in [5.41, 5.74) is -0.158.